The number of H-pyrrole nitrogens is 1. The molecule has 0 aliphatic rings. The number of phenols is 1. The van der Waals surface area contributed by atoms with E-state index in [0.717, 1.165) is 32.3 Å². The van der Waals surface area contributed by atoms with Crippen LogP contribution in [0.25, 0.3) is 10.9 Å². The molecular formula is C12H15NOSe. The number of aromatic hydroxyl groups is 1. The van der Waals surface area contributed by atoms with Crippen LogP contribution in [-0.2, 0) is 6.42 Å². The molecule has 0 amide bonds. The predicted molar refractivity (Wildman–Crippen MR) is 64.7 cm³/mol. The molecule has 1 heterocycles. The van der Waals surface area contributed by atoms with Crippen molar-refractivity contribution in [1.82, 2.24) is 4.98 Å². The summed E-state index contributed by atoms with van der Waals surface area (Å²) in [6.45, 7) is 2.23. The van der Waals surface area contributed by atoms with E-state index >= 15 is 0 Å². The van der Waals surface area contributed by atoms with E-state index in [9.17, 15) is 5.11 Å². The molecule has 2 nitrogen and oxygen atoms in total. The van der Waals surface area contributed by atoms with Gasteiger partial charge in [-0.2, -0.15) is 0 Å². The Bertz CT molecular complexity index is 450. The first-order chi connectivity index (χ1) is 7.33. The Morgan fingerprint density at radius 1 is 1.40 bits per heavy atom. The van der Waals surface area contributed by atoms with Gasteiger partial charge in [-0.3, -0.25) is 0 Å². The number of benzene rings is 1. The number of phenolic OH excluding ortho intramolecular Hbond substituents is 1. The van der Waals surface area contributed by atoms with Gasteiger partial charge >= 0.3 is 95.6 Å². The Balaban J connectivity index is 2.27. The van der Waals surface area contributed by atoms with Crippen molar-refractivity contribution >= 4 is 25.9 Å². The SMILES string of the molecule is CC[Se]CCc1c[nH]c2cccc(O)c12. The maximum absolute atomic E-state index is 9.78. The molecule has 0 aliphatic carbocycles. The van der Waals surface area contributed by atoms with Crippen molar-refractivity contribution in [2.24, 2.45) is 0 Å². The molecule has 1 aromatic carbocycles. The van der Waals surface area contributed by atoms with Crippen LogP contribution in [0.5, 0.6) is 5.75 Å². The number of rotatable bonds is 4. The second-order valence-corrected chi connectivity index (χ2v) is 6.38. The Labute approximate surface area is 95.9 Å². The van der Waals surface area contributed by atoms with Crippen molar-refractivity contribution in [3.63, 3.8) is 0 Å². The molecule has 80 valence electrons. The monoisotopic (exact) mass is 269 g/mol. The predicted octanol–water partition coefficient (Wildman–Crippen LogP) is 2.98. The average Bonchev–Trinajstić information content (AvgIpc) is 2.63. The maximum atomic E-state index is 9.78. The number of nitrogens with one attached hydrogen (secondary N) is 1. The third-order valence-electron chi connectivity index (χ3n) is 2.49. The number of hydrogen-bond donors (Lipinski definition) is 2. The van der Waals surface area contributed by atoms with E-state index in [1.165, 1.54) is 16.2 Å². The van der Waals surface area contributed by atoms with E-state index in [1.54, 1.807) is 6.07 Å². The molecule has 0 saturated heterocycles. The summed E-state index contributed by atoms with van der Waals surface area (Å²) in [5, 5.41) is 13.3. The van der Waals surface area contributed by atoms with Gasteiger partial charge in [0, 0.05) is 0 Å². The summed E-state index contributed by atoms with van der Waals surface area (Å²) >= 11 is 0.744. The van der Waals surface area contributed by atoms with Gasteiger partial charge in [-0.05, 0) is 0 Å². The van der Waals surface area contributed by atoms with Crippen molar-refractivity contribution in [2.75, 3.05) is 0 Å². The number of aryl methyl sites for hydroxylation is 1. The molecule has 0 unspecified atom stereocenters. The minimum atomic E-state index is 0.396. The molecule has 2 aromatic rings. The summed E-state index contributed by atoms with van der Waals surface area (Å²) in [7, 11) is 0. The standard InChI is InChI=1S/C12H15NOSe/c1-2-15-7-6-9-8-13-10-4-3-5-11(14)12(9)10/h3-5,8,13-14H,2,6-7H2,1H3. The first-order valence-electron chi connectivity index (χ1n) is 5.18. The number of fused-ring (bicyclic) bond motifs is 1. The first-order valence-corrected chi connectivity index (χ1v) is 7.61. The van der Waals surface area contributed by atoms with Gasteiger partial charge in [0.05, 0.1) is 0 Å². The molecule has 0 bridgehead atoms. The quantitative estimate of drug-likeness (QED) is 0.649. The van der Waals surface area contributed by atoms with Crippen LogP contribution in [-0.4, -0.2) is 25.0 Å². The summed E-state index contributed by atoms with van der Waals surface area (Å²) in [6, 6.07) is 5.63. The molecule has 0 atom stereocenters. The zero-order valence-electron chi connectivity index (χ0n) is 8.79. The summed E-state index contributed by atoms with van der Waals surface area (Å²) in [4.78, 5) is 3.20. The van der Waals surface area contributed by atoms with E-state index in [2.05, 4.69) is 11.9 Å². The van der Waals surface area contributed by atoms with Crippen molar-refractivity contribution < 1.29 is 5.11 Å². The van der Waals surface area contributed by atoms with E-state index in [4.69, 9.17) is 0 Å². The summed E-state index contributed by atoms with van der Waals surface area (Å²) in [5.74, 6) is 0.396. The fraction of sp³-hybridized carbons (Fsp3) is 0.333. The number of aromatic amines is 1. The third-order valence-corrected chi connectivity index (χ3v) is 4.38. The fourth-order valence-corrected chi connectivity index (χ4v) is 3.13. The van der Waals surface area contributed by atoms with Gasteiger partial charge in [-0.15, -0.1) is 0 Å². The first kappa shape index (κ1) is 10.6. The van der Waals surface area contributed by atoms with E-state index in [-0.39, 0.29) is 0 Å². The van der Waals surface area contributed by atoms with Crippen molar-refractivity contribution in [1.29, 1.82) is 0 Å². The molecule has 2 N–H and O–H groups in total. The molecule has 0 fully saturated rings. The van der Waals surface area contributed by atoms with E-state index in [1.807, 2.05) is 18.3 Å². The van der Waals surface area contributed by atoms with Crippen LogP contribution in [0.15, 0.2) is 24.4 Å². The van der Waals surface area contributed by atoms with Crippen LogP contribution in [0.2, 0.25) is 10.6 Å². The van der Waals surface area contributed by atoms with Gasteiger partial charge in [0.15, 0.2) is 0 Å². The van der Waals surface area contributed by atoms with Crippen LogP contribution in [0.4, 0.5) is 0 Å². The van der Waals surface area contributed by atoms with Gasteiger partial charge in [0.2, 0.25) is 0 Å². The molecule has 1 aromatic heterocycles. The van der Waals surface area contributed by atoms with Crippen LogP contribution >= 0.6 is 0 Å². The fourth-order valence-electron chi connectivity index (χ4n) is 1.76. The average molecular weight is 268 g/mol. The van der Waals surface area contributed by atoms with Crippen LogP contribution in [0, 0.1) is 0 Å². The van der Waals surface area contributed by atoms with Crippen LogP contribution < -0.4 is 0 Å². The molecule has 3 heteroatoms. The molecule has 15 heavy (non-hydrogen) atoms. The van der Waals surface area contributed by atoms with Gasteiger partial charge in [-0.1, -0.05) is 0 Å². The van der Waals surface area contributed by atoms with Gasteiger partial charge < -0.3 is 0 Å². The molecule has 2 rings (SSSR count). The second kappa shape index (κ2) is 4.73. The minimum absolute atomic E-state index is 0.396. The zero-order chi connectivity index (χ0) is 10.7. The van der Waals surface area contributed by atoms with Crippen LogP contribution in [0.3, 0.4) is 0 Å². The molecular weight excluding hydrogens is 253 g/mol. The third kappa shape index (κ3) is 2.19. The van der Waals surface area contributed by atoms with Gasteiger partial charge in [0.25, 0.3) is 0 Å². The number of hydrogen-bond acceptors (Lipinski definition) is 1. The Morgan fingerprint density at radius 2 is 2.27 bits per heavy atom. The van der Waals surface area contributed by atoms with Gasteiger partial charge in [0.1, 0.15) is 0 Å². The molecule has 0 saturated carbocycles. The Kier molecular flexibility index (Phi) is 3.34. The summed E-state index contributed by atoms with van der Waals surface area (Å²) < 4.78 is 0. The molecule has 0 radical (unpaired) electrons. The van der Waals surface area contributed by atoms with Crippen molar-refractivity contribution in [3.8, 4) is 5.75 Å². The van der Waals surface area contributed by atoms with E-state index in [0.29, 0.717) is 5.75 Å². The van der Waals surface area contributed by atoms with Crippen LogP contribution in [0.1, 0.15) is 12.5 Å². The molecule has 0 aliphatic heterocycles. The van der Waals surface area contributed by atoms with E-state index < -0.39 is 0 Å². The Morgan fingerprint density at radius 3 is 3.07 bits per heavy atom. The number of aromatic nitrogens is 1. The van der Waals surface area contributed by atoms with Gasteiger partial charge in [-0.25, -0.2) is 0 Å². The summed E-state index contributed by atoms with van der Waals surface area (Å²) in [6.07, 6.45) is 3.10. The van der Waals surface area contributed by atoms with Crippen molar-refractivity contribution in [3.05, 3.63) is 30.0 Å². The normalized spacial score (nSPS) is 11.0. The topological polar surface area (TPSA) is 36.0 Å². The second-order valence-electron chi connectivity index (χ2n) is 3.46. The van der Waals surface area contributed by atoms with Crippen molar-refractivity contribution in [2.45, 2.75) is 24.0 Å². The molecule has 0 spiro atoms. The summed E-state index contributed by atoms with van der Waals surface area (Å²) in [5.41, 5.74) is 2.28. The Hall–Kier alpha value is -0.921. The zero-order valence-corrected chi connectivity index (χ0v) is 10.5.